The molecule has 0 saturated carbocycles. The number of aliphatic hydroxyl groups is 2. The standard InChI is InChI=1S/C9H14N2O2/c1-3-9(2,13)8(12)7-4-10-6-11-5-7/h4-6,8,12-13H,3H2,1-2H3. The Bertz CT molecular complexity index is 262. The van der Waals surface area contributed by atoms with Crippen molar-refractivity contribution >= 4 is 0 Å². The SMILES string of the molecule is CCC(C)(O)C(O)c1cncnc1. The average Bonchev–Trinajstić information content (AvgIpc) is 2.18. The van der Waals surface area contributed by atoms with Crippen molar-refractivity contribution in [1.82, 2.24) is 9.97 Å². The lowest BCUT2D eigenvalue weighted by Crippen LogP contribution is -2.31. The van der Waals surface area contributed by atoms with Crippen LogP contribution in [-0.2, 0) is 0 Å². The summed E-state index contributed by atoms with van der Waals surface area (Å²) in [4.78, 5) is 7.54. The molecule has 0 aliphatic carbocycles. The van der Waals surface area contributed by atoms with Gasteiger partial charge < -0.3 is 10.2 Å². The molecule has 1 aromatic heterocycles. The highest BCUT2D eigenvalue weighted by Gasteiger charge is 2.29. The first kappa shape index (κ1) is 10.1. The maximum Gasteiger partial charge on any atom is 0.115 e. The molecule has 4 heteroatoms. The third-order valence-corrected chi connectivity index (χ3v) is 2.20. The van der Waals surface area contributed by atoms with Gasteiger partial charge in [0.05, 0.1) is 5.60 Å². The summed E-state index contributed by atoms with van der Waals surface area (Å²) in [5, 5.41) is 19.5. The third kappa shape index (κ3) is 2.23. The maximum absolute atomic E-state index is 9.74. The van der Waals surface area contributed by atoms with Crippen LogP contribution in [0.1, 0.15) is 31.9 Å². The number of hydrogen-bond donors (Lipinski definition) is 2. The zero-order valence-corrected chi connectivity index (χ0v) is 7.81. The van der Waals surface area contributed by atoms with Crippen molar-refractivity contribution in [2.24, 2.45) is 0 Å². The predicted molar refractivity (Wildman–Crippen MR) is 47.9 cm³/mol. The van der Waals surface area contributed by atoms with Crippen LogP contribution in [0.4, 0.5) is 0 Å². The van der Waals surface area contributed by atoms with Gasteiger partial charge in [-0.3, -0.25) is 0 Å². The lowest BCUT2D eigenvalue weighted by atomic mass is 9.92. The van der Waals surface area contributed by atoms with Crippen molar-refractivity contribution in [2.45, 2.75) is 32.0 Å². The number of nitrogens with zero attached hydrogens (tertiary/aromatic N) is 2. The Labute approximate surface area is 77.3 Å². The molecule has 2 N–H and O–H groups in total. The van der Waals surface area contributed by atoms with Crippen LogP contribution in [0.3, 0.4) is 0 Å². The molecule has 1 rings (SSSR count). The van der Waals surface area contributed by atoms with Crippen LogP contribution in [0.2, 0.25) is 0 Å². The second-order valence-corrected chi connectivity index (χ2v) is 3.29. The Hall–Kier alpha value is -1.00. The van der Waals surface area contributed by atoms with Gasteiger partial charge in [0.25, 0.3) is 0 Å². The highest BCUT2D eigenvalue weighted by Crippen LogP contribution is 2.26. The molecule has 4 nitrogen and oxygen atoms in total. The summed E-state index contributed by atoms with van der Waals surface area (Å²) >= 11 is 0. The topological polar surface area (TPSA) is 66.2 Å². The van der Waals surface area contributed by atoms with E-state index in [0.29, 0.717) is 12.0 Å². The van der Waals surface area contributed by atoms with Crippen LogP contribution in [0.15, 0.2) is 18.7 Å². The molecule has 0 aliphatic rings. The molecule has 1 heterocycles. The summed E-state index contributed by atoms with van der Waals surface area (Å²) in [7, 11) is 0. The summed E-state index contributed by atoms with van der Waals surface area (Å²) in [6, 6.07) is 0. The minimum absolute atomic E-state index is 0.475. The predicted octanol–water partition coefficient (Wildman–Crippen LogP) is 0.671. The zero-order chi connectivity index (χ0) is 9.90. The molecule has 0 amide bonds. The largest absolute Gasteiger partial charge is 0.387 e. The van der Waals surface area contributed by atoms with Crippen LogP contribution in [0, 0.1) is 0 Å². The van der Waals surface area contributed by atoms with Crippen LogP contribution in [0.5, 0.6) is 0 Å². The highest BCUT2D eigenvalue weighted by molar-refractivity contribution is 5.10. The Kier molecular flexibility index (Phi) is 2.95. The molecule has 0 fully saturated rings. The van der Waals surface area contributed by atoms with E-state index in [1.54, 1.807) is 6.92 Å². The molecule has 1 aromatic rings. The van der Waals surface area contributed by atoms with E-state index >= 15 is 0 Å². The van der Waals surface area contributed by atoms with Crippen molar-refractivity contribution in [2.75, 3.05) is 0 Å². The quantitative estimate of drug-likeness (QED) is 0.721. The van der Waals surface area contributed by atoms with Gasteiger partial charge in [-0.15, -0.1) is 0 Å². The molecular formula is C9H14N2O2. The first-order valence-corrected chi connectivity index (χ1v) is 4.23. The van der Waals surface area contributed by atoms with Gasteiger partial charge in [-0.1, -0.05) is 6.92 Å². The van der Waals surface area contributed by atoms with Crippen LogP contribution in [0.25, 0.3) is 0 Å². The van der Waals surface area contributed by atoms with Crippen LogP contribution in [-0.4, -0.2) is 25.8 Å². The number of rotatable bonds is 3. The molecule has 0 bridgehead atoms. The van der Waals surface area contributed by atoms with E-state index < -0.39 is 11.7 Å². The van der Waals surface area contributed by atoms with Crippen molar-refractivity contribution < 1.29 is 10.2 Å². The Morgan fingerprint density at radius 3 is 2.46 bits per heavy atom. The van der Waals surface area contributed by atoms with Gasteiger partial charge in [0.2, 0.25) is 0 Å². The zero-order valence-electron chi connectivity index (χ0n) is 7.81. The fourth-order valence-corrected chi connectivity index (χ4v) is 1.00. The van der Waals surface area contributed by atoms with Crippen LogP contribution < -0.4 is 0 Å². The lowest BCUT2D eigenvalue weighted by Gasteiger charge is -2.27. The Balaban J connectivity index is 2.85. The fraction of sp³-hybridized carbons (Fsp3) is 0.556. The number of aromatic nitrogens is 2. The highest BCUT2D eigenvalue weighted by atomic mass is 16.3. The second kappa shape index (κ2) is 3.81. The molecule has 2 atom stereocenters. The van der Waals surface area contributed by atoms with Crippen molar-refractivity contribution in [3.05, 3.63) is 24.3 Å². The van der Waals surface area contributed by atoms with E-state index in [0.717, 1.165) is 0 Å². The Morgan fingerprint density at radius 2 is 2.00 bits per heavy atom. The van der Waals surface area contributed by atoms with Gasteiger partial charge in [-0.25, -0.2) is 9.97 Å². The van der Waals surface area contributed by atoms with Gasteiger partial charge in [-0.2, -0.15) is 0 Å². The van der Waals surface area contributed by atoms with Gasteiger partial charge in [0.15, 0.2) is 0 Å². The Morgan fingerprint density at radius 1 is 1.46 bits per heavy atom. The summed E-state index contributed by atoms with van der Waals surface area (Å²) in [6.45, 7) is 3.40. The van der Waals surface area contributed by atoms with E-state index in [1.807, 2.05) is 6.92 Å². The van der Waals surface area contributed by atoms with Gasteiger partial charge in [0.1, 0.15) is 12.4 Å². The van der Waals surface area contributed by atoms with Gasteiger partial charge >= 0.3 is 0 Å². The smallest absolute Gasteiger partial charge is 0.115 e. The first-order chi connectivity index (χ1) is 6.08. The van der Waals surface area contributed by atoms with Crippen LogP contribution >= 0.6 is 0 Å². The van der Waals surface area contributed by atoms with Gasteiger partial charge in [0, 0.05) is 18.0 Å². The maximum atomic E-state index is 9.74. The summed E-state index contributed by atoms with van der Waals surface area (Å²) < 4.78 is 0. The molecular weight excluding hydrogens is 168 g/mol. The number of hydrogen-bond acceptors (Lipinski definition) is 4. The average molecular weight is 182 g/mol. The van der Waals surface area contributed by atoms with E-state index in [2.05, 4.69) is 9.97 Å². The number of aliphatic hydroxyl groups excluding tert-OH is 1. The molecule has 13 heavy (non-hydrogen) atoms. The van der Waals surface area contributed by atoms with Crippen molar-refractivity contribution in [1.29, 1.82) is 0 Å². The lowest BCUT2D eigenvalue weighted by molar-refractivity contribution is -0.0661. The van der Waals surface area contributed by atoms with Crippen molar-refractivity contribution in [3.8, 4) is 0 Å². The molecule has 0 aromatic carbocycles. The van der Waals surface area contributed by atoms with E-state index in [9.17, 15) is 10.2 Å². The van der Waals surface area contributed by atoms with E-state index in [-0.39, 0.29) is 0 Å². The summed E-state index contributed by atoms with van der Waals surface area (Å²) in [5.74, 6) is 0. The third-order valence-electron chi connectivity index (χ3n) is 2.20. The molecule has 0 spiro atoms. The minimum atomic E-state index is -1.12. The van der Waals surface area contributed by atoms with Gasteiger partial charge in [-0.05, 0) is 13.3 Å². The monoisotopic (exact) mass is 182 g/mol. The molecule has 0 radical (unpaired) electrons. The second-order valence-electron chi connectivity index (χ2n) is 3.29. The van der Waals surface area contributed by atoms with E-state index in [4.69, 9.17) is 0 Å². The normalized spacial score (nSPS) is 17.8. The summed E-state index contributed by atoms with van der Waals surface area (Å²) in [5.41, 5.74) is -0.584. The molecule has 0 saturated heterocycles. The first-order valence-electron chi connectivity index (χ1n) is 4.23. The fourth-order valence-electron chi connectivity index (χ4n) is 1.00. The summed E-state index contributed by atoms with van der Waals surface area (Å²) in [6.07, 6.45) is 3.93. The molecule has 72 valence electrons. The van der Waals surface area contributed by atoms with Crippen molar-refractivity contribution in [3.63, 3.8) is 0 Å². The molecule has 0 aliphatic heterocycles. The minimum Gasteiger partial charge on any atom is -0.387 e. The molecule has 2 unspecified atom stereocenters. The van der Waals surface area contributed by atoms with E-state index in [1.165, 1.54) is 18.7 Å².